The molecule has 2 aromatic carbocycles. The summed E-state index contributed by atoms with van der Waals surface area (Å²) in [5.41, 5.74) is -0.186. The first-order valence-electron chi connectivity index (χ1n) is 4.76. The third-order valence-corrected chi connectivity index (χ3v) is 4.08. The van der Waals surface area contributed by atoms with Gasteiger partial charge < -0.3 is 5.11 Å². The van der Waals surface area contributed by atoms with Crippen molar-refractivity contribution >= 4 is 43.6 Å². The Labute approximate surface area is 111 Å². The van der Waals surface area contributed by atoms with Crippen LogP contribution < -0.4 is 0 Å². The standard InChI is InChI=1S/C11H6INO5/c14-11(15)8-5-4-6-7(10(8)12-16)2-1-3-9(6)13(17)18/h1-5H,(H,14,15). The third-order valence-electron chi connectivity index (χ3n) is 2.48. The molecule has 0 heterocycles. The predicted molar refractivity (Wildman–Crippen MR) is 71.0 cm³/mol. The van der Waals surface area contributed by atoms with Gasteiger partial charge in [-0.3, -0.25) is 13.2 Å². The third kappa shape index (κ3) is 1.96. The summed E-state index contributed by atoms with van der Waals surface area (Å²) in [7, 11) is 0. The molecule has 0 fully saturated rings. The fraction of sp³-hybridized carbons (Fsp3) is 0. The molecule has 18 heavy (non-hydrogen) atoms. The second kappa shape index (κ2) is 4.77. The van der Waals surface area contributed by atoms with Gasteiger partial charge >= 0.3 is 5.97 Å². The van der Waals surface area contributed by atoms with Crippen LogP contribution in [0.2, 0.25) is 0 Å². The fourth-order valence-electron chi connectivity index (χ4n) is 1.71. The molecule has 0 aliphatic rings. The van der Waals surface area contributed by atoms with Crippen LogP contribution >= 0.6 is 21.2 Å². The topological polar surface area (TPSA) is 97.5 Å². The van der Waals surface area contributed by atoms with Crippen LogP contribution in [0, 0.1) is 13.7 Å². The maximum atomic E-state index is 11.2. The van der Waals surface area contributed by atoms with Crippen molar-refractivity contribution in [2.24, 2.45) is 0 Å². The maximum Gasteiger partial charge on any atom is 0.336 e. The largest absolute Gasteiger partial charge is 0.478 e. The Morgan fingerprint density at radius 3 is 2.50 bits per heavy atom. The van der Waals surface area contributed by atoms with Crippen molar-refractivity contribution in [3.63, 3.8) is 0 Å². The minimum atomic E-state index is -1.73. The van der Waals surface area contributed by atoms with Gasteiger partial charge in [0.1, 0.15) is 0 Å². The van der Waals surface area contributed by atoms with Crippen molar-refractivity contribution in [3.8, 4) is 0 Å². The lowest BCUT2D eigenvalue weighted by Crippen LogP contribution is -2.01. The molecule has 7 heteroatoms. The Bertz CT molecular complexity index is 682. The van der Waals surface area contributed by atoms with Gasteiger partial charge in [0.15, 0.2) is 21.2 Å². The molecule has 0 atom stereocenters. The van der Waals surface area contributed by atoms with Gasteiger partial charge in [0.05, 0.1) is 19.4 Å². The van der Waals surface area contributed by atoms with Crippen LogP contribution in [0.15, 0.2) is 30.3 Å². The van der Waals surface area contributed by atoms with E-state index in [9.17, 15) is 18.0 Å². The molecule has 0 aliphatic heterocycles. The second-order valence-electron chi connectivity index (χ2n) is 3.44. The van der Waals surface area contributed by atoms with E-state index in [-0.39, 0.29) is 14.8 Å². The number of fused-ring (bicyclic) bond motifs is 1. The molecule has 0 aromatic heterocycles. The van der Waals surface area contributed by atoms with Crippen molar-refractivity contribution < 1.29 is 17.9 Å². The zero-order valence-corrected chi connectivity index (χ0v) is 10.9. The molecule has 0 spiro atoms. The van der Waals surface area contributed by atoms with Crippen LogP contribution in [-0.4, -0.2) is 16.0 Å². The van der Waals surface area contributed by atoms with Crippen molar-refractivity contribution in [2.45, 2.75) is 0 Å². The first-order valence-corrected chi connectivity index (χ1v) is 6.72. The lowest BCUT2D eigenvalue weighted by atomic mass is 10.1. The normalized spacial score (nSPS) is 10.4. The van der Waals surface area contributed by atoms with E-state index in [0.717, 1.165) is 0 Å². The summed E-state index contributed by atoms with van der Waals surface area (Å²) >= 11 is -1.73. The Morgan fingerprint density at radius 1 is 1.22 bits per heavy atom. The van der Waals surface area contributed by atoms with E-state index >= 15 is 0 Å². The number of carboxylic acid groups (broad SMARTS) is 1. The van der Waals surface area contributed by atoms with Crippen LogP contribution in [0.4, 0.5) is 5.69 Å². The lowest BCUT2D eigenvalue weighted by molar-refractivity contribution is -0.383. The molecule has 0 bridgehead atoms. The van der Waals surface area contributed by atoms with Crippen LogP contribution in [0.25, 0.3) is 10.8 Å². The highest BCUT2D eigenvalue weighted by molar-refractivity contribution is 14.1. The number of carbonyl (C=O) groups is 1. The molecule has 0 saturated carbocycles. The van der Waals surface area contributed by atoms with Gasteiger partial charge in [0.2, 0.25) is 0 Å². The Kier molecular flexibility index (Phi) is 3.32. The average Bonchev–Trinajstić information content (AvgIpc) is 2.35. The highest BCUT2D eigenvalue weighted by Gasteiger charge is 2.18. The molecule has 0 radical (unpaired) electrons. The Hall–Kier alpha value is -1.90. The van der Waals surface area contributed by atoms with Gasteiger partial charge in [0.25, 0.3) is 5.69 Å². The molecule has 0 aliphatic carbocycles. The summed E-state index contributed by atoms with van der Waals surface area (Å²) in [6.45, 7) is 0. The summed E-state index contributed by atoms with van der Waals surface area (Å²) in [6, 6.07) is 6.96. The van der Waals surface area contributed by atoms with E-state index in [1.54, 1.807) is 6.07 Å². The zero-order chi connectivity index (χ0) is 13.3. The van der Waals surface area contributed by atoms with Gasteiger partial charge in [-0.05, 0) is 12.1 Å². The molecule has 0 saturated heterocycles. The van der Waals surface area contributed by atoms with Crippen LogP contribution in [0.5, 0.6) is 0 Å². The molecule has 1 N–H and O–H groups in total. The quantitative estimate of drug-likeness (QED) is 0.516. The van der Waals surface area contributed by atoms with Crippen LogP contribution in [0.1, 0.15) is 10.4 Å². The molecule has 0 unspecified atom stereocenters. The Morgan fingerprint density at radius 2 is 1.94 bits per heavy atom. The van der Waals surface area contributed by atoms with Crippen molar-refractivity contribution in [3.05, 3.63) is 49.6 Å². The first kappa shape index (κ1) is 12.6. The van der Waals surface area contributed by atoms with E-state index < -0.39 is 32.1 Å². The number of nitro benzene ring substituents is 1. The average molecular weight is 359 g/mol. The number of nitro groups is 1. The van der Waals surface area contributed by atoms with Crippen LogP contribution in [0.3, 0.4) is 0 Å². The summed E-state index contributed by atoms with van der Waals surface area (Å²) in [4.78, 5) is 21.3. The summed E-state index contributed by atoms with van der Waals surface area (Å²) in [5, 5.41) is 20.5. The van der Waals surface area contributed by atoms with Crippen LogP contribution in [-0.2, 0) is 3.07 Å². The number of benzene rings is 2. The molecular weight excluding hydrogens is 353 g/mol. The highest BCUT2D eigenvalue weighted by atomic mass is 127. The SMILES string of the molecule is O=Ic1c(C(=O)O)ccc2c([N+](=O)[O-])cccc12. The maximum absolute atomic E-state index is 11.2. The molecule has 0 amide bonds. The summed E-state index contributed by atoms with van der Waals surface area (Å²) < 4.78 is 11.4. The smallest absolute Gasteiger partial charge is 0.336 e. The van der Waals surface area contributed by atoms with E-state index in [0.29, 0.717) is 10.8 Å². The zero-order valence-electron chi connectivity index (χ0n) is 8.79. The molecule has 92 valence electrons. The molecular formula is C11H6INO5. The number of halogens is 1. The summed E-state index contributed by atoms with van der Waals surface area (Å²) in [5.74, 6) is -1.19. The van der Waals surface area contributed by atoms with Gasteiger partial charge in [-0.2, -0.15) is 0 Å². The van der Waals surface area contributed by atoms with Gasteiger partial charge in [-0.25, -0.2) is 4.79 Å². The molecule has 2 rings (SSSR count). The van der Waals surface area contributed by atoms with Gasteiger partial charge in [-0.1, -0.05) is 12.1 Å². The van der Waals surface area contributed by atoms with E-state index in [2.05, 4.69) is 0 Å². The number of non-ortho nitro benzene ring substituents is 1. The van der Waals surface area contributed by atoms with Crippen molar-refractivity contribution in [2.75, 3.05) is 0 Å². The molecule has 2 aromatic rings. The van der Waals surface area contributed by atoms with Crippen molar-refractivity contribution in [1.82, 2.24) is 0 Å². The number of hydrogen-bond acceptors (Lipinski definition) is 4. The minimum absolute atomic E-state index is 0.0641. The second-order valence-corrected chi connectivity index (χ2v) is 4.96. The van der Waals surface area contributed by atoms with E-state index in [1.807, 2.05) is 0 Å². The number of aromatic carboxylic acids is 1. The Balaban J connectivity index is 2.91. The van der Waals surface area contributed by atoms with Gasteiger partial charge in [0, 0.05) is 11.5 Å². The monoisotopic (exact) mass is 359 g/mol. The van der Waals surface area contributed by atoms with Gasteiger partial charge in [-0.15, -0.1) is 0 Å². The number of rotatable bonds is 3. The number of hydrogen-bond donors (Lipinski definition) is 1. The highest BCUT2D eigenvalue weighted by Crippen LogP contribution is 2.32. The van der Waals surface area contributed by atoms with E-state index in [1.165, 1.54) is 24.3 Å². The predicted octanol–water partition coefficient (Wildman–Crippen LogP) is 2.93. The number of carboxylic acids is 1. The summed E-state index contributed by atoms with van der Waals surface area (Å²) in [6.07, 6.45) is 0. The fourth-order valence-corrected chi connectivity index (χ4v) is 3.07. The minimum Gasteiger partial charge on any atom is -0.478 e. The molecule has 6 nitrogen and oxygen atoms in total. The van der Waals surface area contributed by atoms with Crippen molar-refractivity contribution in [1.29, 1.82) is 0 Å². The number of nitrogens with zero attached hydrogens (tertiary/aromatic N) is 1. The lowest BCUT2D eigenvalue weighted by Gasteiger charge is -2.04. The van der Waals surface area contributed by atoms with E-state index in [4.69, 9.17) is 5.11 Å². The first-order chi connectivity index (χ1) is 8.56.